The number of fused-ring (bicyclic) bond motifs is 2. The second-order valence-electron chi connectivity index (χ2n) is 8.08. The van der Waals surface area contributed by atoms with Crippen molar-refractivity contribution in [2.75, 3.05) is 33.0 Å². The maximum atomic E-state index is 12.4. The van der Waals surface area contributed by atoms with E-state index in [0.29, 0.717) is 30.4 Å². The van der Waals surface area contributed by atoms with Gasteiger partial charge in [-0.3, -0.25) is 0 Å². The smallest absolute Gasteiger partial charge is 0.336 e. The van der Waals surface area contributed by atoms with Gasteiger partial charge in [-0.2, -0.15) is 0 Å². The lowest BCUT2D eigenvalue weighted by molar-refractivity contribution is 0.287. The number of rotatable bonds is 5. The van der Waals surface area contributed by atoms with Crippen LogP contribution in [0, 0.1) is 6.92 Å². The van der Waals surface area contributed by atoms with Crippen molar-refractivity contribution >= 4 is 16.7 Å². The number of benzene rings is 3. The van der Waals surface area contributed by atoms with Crippen LogP contribution in [-0.2, 0) is 6.54 Å². The molecule has 5 rings (SSSR count). The van der Waals surface area contributed by atoms with Crippen LogP contribution in [0.2, 0.25) is 0 Å². The minimum atomic E-state index is -0.399. The van der Waals surface area contributed by atoms with E-state index in [2.05, 4.69) is 4.90 Å². The van der Waals surface area contributed by atoms with Gasteiger partial charge in [-0.1, -0.05) is 12.1 Å². The van der Waals surface area contributed by atoms with Crippen molar-refractivity contribution in [1.82, 2.24) is 0 Å². The van der Waals surface area contributed by atoms with Gasteiger partial charge in [0.15, 0.2) is 18.2 Å². The lowest BCUT2D eigenvalue weighted by atomic mass is 9.96. The quantitative estimate of drug-likeness (QED) is 0.382. The summed E-state index contributed by atoms with van der Waals surface area (Å²) in [5.74, 6) is 2.83. The lowest BCUT2D eigenvalue weighted by Crippen LogP contribution is -2.32. The molecular weight excluding hydrogens is 434 g/mol. The summed E-state index contributed by atoms with van der Waals surface area (Å²) < 4.78 is 27.9. The SMILES string of the molecule is COc1ccc(-c2cc(=O)oc3c(C)c4c(cc23)CN(c2ccc(OC)c(OC)c2)CO4)cc1. The molecule has 0 unspecified atom stereocenters. The van der Waals surface area contributed by atoms with Gasteiger partial charge in [0.2, 0.25) is 0 Å². The van der Waals surface area contributed by atoms with Crippen molar-refractivity contribution in [1.29, 1.82) is 0 Å². The lowest BCUT2D eigenvalue weighted by Gasteiger charge is -2.32. The molecule has 0 fully saturated rings. The van der Waals surface area contributed by atoms with Crippen molar-refractivity contribution < 1.29 is 23.4 Å². The Morgan fingerprint density at radius 3 is 2.35 bits per heavy atom. The van der Waals surface area contributed by atoms with Crippen LogP contribution in [0.3, 0.4) is 0 Å². The molecule has 0 saturated heterocycles. The van der Waals surface area contributed by atoms with E-state index in [1.54, 1.807) is 21.3 Å². The highest BCUT2D eigenvalue weighted by molar-refractivity contribution is 5.96. The van der Waals surface area contributed by atoms with E-state index in [1.807, 2.05) is 55.5 Å². The first-order valence-corrected chi connectivity index (χ1v) is 10.9. The topological polar surface area (TPSA) is 70.4 Å². The summed E-state index contributed by atoms with van der Waals surface area (Å²) in [7, 11) is 4.86. The van der Waals surface area contributed by atoms with Crippen LogP contribution in [0.15, 0.2) is 63.8 Å². The van der Waals surface area contributed by atoms with Gasteiger partial charge in [-0.05, 0) is 48.4 Å². The number of nitrogens with zero attached hydrogens (tertiary/aromatic N) is 1. The zero-order chi connectivity index (χ0) is 23.8. The summed E-state index contributed by atoms with van der Waals surface area (Å²) in [6, 6.07) is 17.0. The molecule has 0 atom stereocenters. The summed E-state index contributed by atoms with van der Waals surface area (Å²) >= 11 is 0. The fraction of sp³-hybridized carbons (Fsp3) is 0.222. The maximum absolute atomic E-state index is 12.4. The third-order valence-electron chi connectivity index (χ3n) is 6.15. The Bertz CT molecular complexity index is 1420. The molecule has 0 bridgehead atoms. The highest BCUT2D eigenvalue weighted by Gasteiger charge is 2.24. The summed E-state index contributed by atoms with van der Waals surface area (Å²) in [5, 5.41) is 0.860. The number of ether oxygens (including phenoxy) is 4. The third-order valence-corrected chi connectivity index (χ3v) is 6.15. The van der Waals surface area contributed by atoms with Crippen molar-refractivity contribution in [3.63, 3.8) is 0 Å². The minimum absolute atomic E-state index is 0.358. The van der Waals surface area contributed by atoms with Crippen molar-refractivity contribution in [3.05, 3.63) is 76.1 Å². The first kappa shape index (κ1) is 21.7. The number of methoxy groups -OCH3 is 3. The molecule has 2 heterocycles. The standard InChI is InChI=1S/C27H25NO6/c1-16-26-18(14-28(15-33-26)19-7-10-23(31-3)24(12-19)32-4)11-22-21(13-25(29)34-27(16)22)17-5-8-20(30-2)9-6-17/h5-13H,14-15H2,1-4H3. The van der Waals surface area contributed by atoms with Gasteiger partial charge in [0.1, 0.15) is 17.1 Å². The van der Waals surface area contributed by atoms with Gasteiger partial charge in [0, 0.05) is 40.9 Å². The molecule has 34 heavy (non-hydrogen) atoms. The molecule has 0 saturated carbocycles. The van der Waals surface area contributed by atoms with Crippen LogP contribution in [0.5, 0.6) is 23.0 Å². The monoisotopic (exact) mass is 459 g/mol. The average Bonchev–Trinajstić information content (AvgIpc) is 2.88. The van der Waals surface area contributed by atoms with E-state index in [0.717, 1.165) is 44.8 Å². The van der Waals surface area contributed by atoms with Gasteiger partial charge in [0.25, 0.3) is 0 Å². The molecule has 0 spiro atoms. The predicted octanol–water partition coefficient (Wildman–Crippen LogP) is 5.15. The molecular formula is C27H25NO6. The summed E-state index contributed by atoms with van der Waals surface area (Å²) in [5.41, 5.74) is 4.63. The van der Waals surface area contributed by atoms with Gasteiger partial charge in [-0.25, -0.2) is 4.79 Å². The zero-order valence-electron chi connectivity index (χ0n) is 19.5. The van der Waals surface area contributed by atoms with Crippen LogP contribution in [0.25, 0.3) is 22.1 Å². The highest BCUT2D eigenvalue weighted by atomic mass is 16.5. The molecule has 7 heteroatoms. The summed E-state index contributed by atoms with van der Waals surface area (Å²) in [6.07, 6.45) is 0. The number of anilines is 1. The fourth-order valence-corrected chi connectivity index (χ4v) is 4.42. The minimum Gasteiger partial charge on any atom is -0.497 e. The third kappa shape index (κ3) is 3.69. The van der Waals surface area contributed by atoms with Gasteiger partial charge in [0.05, 0.1) is 21.3 Å². The second kappa shape index (κ2) is 8.67. The molecule has 4 aromatic rings. The first-order valence-electron chi connectivity index (χ1n) is 10.9. The largest absolute Gasteiger partial charge is 0.497 e. The molecule has 174 valence electrons. The highest BCUT2D eigenvalue weighted by Crippen LogP contribution is 2.40. The van der Waals surface area contributed by atoms with Crippen molar-refractivity contribution in [3.8, 4) is 34.1 Å². The Morgan fingerprint density at radius 2 is 1.65 bits per heavy atom. The molecule has 7 nitrogen and oxygen atoms in total. The predicted molar refractivity (Wildman–Crippen MR) is 130 cm³/mol. The van der Waals surface area contributed by atoms with Gasteiger partial charge < -0.3 is 28.3 Å². The Kier molecular flexibility index (Phi) is 5.53. The number of hydrogen-bond acceptors (Lipinski definition) is 7. The number of aryl methyl sites for hydroxylation is 1. The normalized spacial score (nSPS) is 12.8. The Hall–Kier alpha value is -4.13. The van der Waals surface area contributed by atoms with Crippen LogP contribution in [-0.4, -0.2) is 28.1 Å². The molecule has 0 N–H and O–H groups in total. The Balaban J connectivity index is 1.60. The molecule has 0 aliphatic carbocycles. The molecule has 0 radical (unpaired) electrons. The summed E-state index contributed by atoms with van der Waals surface area (Å²) in [6.45, 7) is 2.91. The van der Waals surface area contributed by atoms with Gasteiger partial charge in [-0.15, -0.1) is 0 Å². The fourth-order valence-electron chi connectivity index (χ4n) is 4.42. The molecule has 1 aliphatic heterocycles. The Labute approximate surface area is 197 Å². The second-order valence-corrected chi connectivity index (χ2v) is 8.08. The van der Waals surface area contributed by atoms with Crippen molar-refractivity contribution in [2.45, 2.75) is 13.5 Å². The van der Waals surface area contributed by atoms with Crippen LogP contribution >= 0.6 is 0 Å². The number of hydrogen-bond donors (Lipinski definition) is 0. The molecule has 1 aromatic heterocycles. The maximum Gasteiger partial charge on any atom is 0.336 e. The first-order chi connectivity index (χ1) is 16.5. The van der Waals surface area contributed by atoms with E-state index in [9.17, 15) is 4.79 Å². The average molecular weight is 459 g/mol. The van der Waals surface area contributed by atoms with E-state index in [1.165, 1.54) is 6.07 Å². The zero-order valence-corrected chi connectivity index (χ0v) is 19.5. The summed E-state index contributed by atoms with van der Waals surface area (Å²) in [4.78, 5) is 14.5. The van der Waals surface area contributed by atoms with Crippen molar-refractivity contribution in [2.24, 2.45) is 0 Å². The van der Waals surface area contributed by atoms with Crippen LogP contribution in [0.4, 0.5) is 5.69 Å². The van der Waals surface area contributed by atoms with E-state index in [4.69, 9.17) is 23.4 Å². The van der Waals surface area contributed by atoms with Crippen LogP contribution in [0.1, 0.15) is 11.1 Å². The van der Waals surface area contributed by atoms with Crippen LogP contribution < -0.4 is 29.5 Å². The van der Waals surface area contributed by atoms with E-state index >= 15 is 0 Å². The molecule has 1 aliphatic rings. The molecule has 3 aromatic carbocycles. The molecule has 0 amide bonds. The Morgan fingerprint density at radius 1 is 0.882 bits per heavy atom. The van der Waals surface area contributed by atoms with E-state index < -0.39 is 5.63 Å². The van der Waals surface area contributed by atoms with Gasteiger partial charge >= 0.3 is 5.63 Å². The van der Waals surface area contributed by atoms with E-state index in [-0.39, 0.29) is 0 Å².